The van der Waals surface area contributed by atoms with Crippen molar-refractivity contribution in [3.05, 3.63) is 0 Å². The van der Waals surface area contributed by atoms with Gasteiger partial charge in [0.2, 0.25) is 0 Å². The van der Waals surface area contributed by atoms with Gasteiger partial charge in [0.05, 0.1) is 6.42 Å². The number of hydrogen-bond donors (Lipinski definition) is 0. The molecule has 0 radical (unpaired) electrons. The maximum Gasteiger partial charge on any atom is 0.307 e. The lowest BCUT2D eigenvalue weighted by Gasteiger charge is -2.25. The van der Waals surface area contributed by atoms with Gasteiger partial charge in [0, 0.05) is 18.3 Å². The lowest BCUT2D eigenvalue weighted by atomic mass is 10.2. The zero-order valence-corrected chi connectivity index (χ0v) is 12.2. The summed E-state index contributed by atoms with van der Waals surface area (Å²) >= 11 is 1.82. The van der Waals surface area contributed by atoms with Crippen LogP contribution in [0.4, 0.5) is 0 Å². The smallest absolute Gasteiger partial charge is 0.307 e. The molecule has 3 nitrogen and oxygen atoms in total. The van der Waals surface area contributed by atoms with Gasteiger partial charge in [-0.3, -0.25) is 4.79 Å². The Bertz CT molecular complexity index is 214. The molecule has 1 atom stereocenters. The van der Waals surface area contributed by atoms with Crippen molar-refractivity contribution in [3.63, 3.8) is 0 Å². The molecule has 0 spiro atoms. The Balaban J connectivity index is 3.83. The van der Waals surface area contributed by atoms with E-state index in [0.29, 0.717) is 12.5 Å². The third kappa shape index (κ3) is 7.99. The van der Waals surface area contributed by atoms with Crippen molar-refractivity contribution < 1.29 is 9.53 Å². The first-order chi connectivity index (χ1) is 7.26. The quantitative estimate of drug-likeness (QED) is 0.674. The number of ether oxygens (including phenoxy) is 1. The lowest BCUT2D eigenvalue weighted by Crippen LogP contribution is -2.34. The van der Waals surface area contributed by atoms with E-state index < -0.39 is 0 Å². The molecule has 0 bridgehead atoms. The molecule has 16 heavy (non-hydrogen) atoms. The van der Waals surface area contributed by atoms with Crippen LogP contribution in [0, 0.1) is 0 Å². The van der Waals surface area contributed by atoms with E-state index in [9.17, 15) is 4.79 Å². The summed E-state index contributed by atoms with van der Waals surface area (Å²) in [6, 6.07) is 0.498. The van der Waals surface area contributed by atoms with Gasteiger partial charge in [-0.05, 0) is 41.0 Å². The number of carbonyl (C=O) groups is 1. The van der Waals surface area contributed by atoms with Gasteiger partial charge in [-0.1, -0.05) is 0 Å². The average molecular weight is 247 g/mol. The van der Waals surface area contributed by atoms with E-state index in [-0.39, 0.29) is 11.6 Å². The molecule has 0 aromatic heterocycles. The first kappa shape index (κ1) is 15.8. The van der Waals surface area contributed by atoms with E-state index in [2.05, 4.69) is 18.1 Å². The summed E-state index contributed by atoms with van der Waals surface area (Å²) in [5.41, 5.74) is -0.374. The molecular weight excluding hydrogens is 222 g/mol. The van der Waals surface area contributed by atoms with Crippen molar-refractivity contribution in [1.82, 2.24) is 4.90 Å². The number of rotatable bonds is 6. The van der Waals surface area contributed by atoms with Gasteiger partial charge >= 0.3 is 5.97 Å². The zero-order valence-electron chi connectivity index (χ0n) is 11.4. The molecule has 1 unspecified atom stereocenters. The second kappa shape index (κ2) is 7.17. The van der Waals surface area contributed by atoms with Crippen LogP contribution in [0.2, 0.25) is 0 Å². The molecular formula is C12H25NO2S. The van der Waals surface area contributed by atoms with Crippen molar-refractivity contribution >= 4 is 17.7 Å². The molecule has 0 aliphatic carbocycles. The standard InChI is InChI=1S/C12H25NO2S/c1-10(9-16-6)13(5)8-7-11(14)15-12(2,3)4/h10H,7-9H2,1-6H3. The lowest BCUT2D eigenvalue weighted by molar-refractivity contribution is -0.155. The van der Waals surface area contributed by atoms with Crippen molar-refractivity contribution in [2.75, 3.05) is 25.6 Å². The third-order valence-corrected chi connectivity index (χ3v) is 3.06. The summed E-state index contributed by atoms with van der Waals surface area (Å²) < 4.78 is 5.26. The van der Waals surface area contributed by atoms with Gasteiger partial charge in [0.1, 0.15) is 5.60 Å². The van der Waals surface area contributed by atoms with Crippen LogP contribution in [0.5, 0.6) is 0 Å². The van der Waals surface area contributed by atoms with Gasteiger partial charge in [-0.2, -0.15) is 11.8 Å². The molecule has 0 saturated carbocycles. The van der Waals surface area contributed by atoms with Crippen molar-refractivity contribution in [2.24, 2.45) is 0 Å². The van der Waals surface area contributed by atoms with Crippen molar-refractivity contribution in [1.29, 1.82) is 0 Å². The summed E-state index contributed by atoms with van der Waals surface area (Å²) in [5, 5.41) is 0. The van der Waals surface area contributed by atoms with Crippen molar-refractivity contribution in [2.45, 2.75) is 45.8 Å². The highest BCUT2D eigenvalue weighted by Gasteiger charge is 2.17. The molecule has 0 aliphatic rings. The van der Waals surface area contributed by atoms with Crippen LogP contribution in [0.3, 0.4) is 0 Å². The normalized spacial score (nSPS) is 13.9. The van der Waals surface area contributed by atoms with Crippen LogP contribution < -0.4 is 0 Å². The monoisotopic (exact) mass is 247 g/mol. The molecule has 0 amide bonds. The van der Waals surface area contributed by atoms with Gasteiger partial charge in [-0.25, -0.2) is 0 Å². The molecule has 0 aromatic rings. The molecule has 96 valence electrons. The maximum absolute atomic E-state index is 11.5. The highest BCUT2D eigenvalue weighted by atomic mass is 32.2. The summed E-state index contributed by atoms with van der Waals surface area (Å²) in [6.45, 7) is 8.61. The first-order valence-electron chi connectivity index (χ1n) is 5.67. The maximum atomic E-state index is 11.5. The van der Waals surface area contributed by atoms with E-state index in [1.165, 1.54) is 0 Å². The van der Waals surface area contributed by atoms with Gasteiger partial charge in [0.25, 0.3) is 0 Å². The minimum absolute atomic E-state index is 0.115. The minimum atomic E-state index is -0.374. The van der Waals surface area contributed by atoms with Gasteiger partial charge < -0.3 is 9.64 Å². The molecule has 0 heterocycles. The van der Waals surface area contributed by atoms with Gasteiger partial charge in [-0.15, -0.1) is 0 Å². The fourth-order valence-electron chi connectivity index (χ4n) is 1.25. The average Bonchev–Trinajstić information content (AvgIpc) is 2.11. The Labute approximate surface area is 104 Å². The van der Waals surface area contributed by atoms with E-state index >= 15 is 0 Å². The Hall–Kier alpha value is -0.220. The Morgan fingerprint density at radius 2 is 2.00 bits per heavy atom. The Morgan fingerprint density at radius 1 is 1.44 bits per heavy atom. The van der Waals surface area contributed by atoms with Crippen LogP contribution in [-0.2, 0) is 9.53 Å². The molecule has 4 heteroatoms. The highest BCUT2D eigenvalue weighted by molar-refractivity contribution is 7.98. The number of nitrogens with zero attached hydrogens (tertiary/aromatic N) is 1. The second-order valence-electron chi connectivity index (χ2n) is 5.12. The Morgan fingerprint density at radius 3 is 2.44 bits per heavy atom. The number of thioether (sulfide) groups is 1. The van der Waals surface area contributed by atoms with E-state index in [4.69, 9.17) is 4.74 Å². The summed E-state index contributed by atoms with van der Waals surface area (Å²) in [4.78, 5) is 13.7. The van der Waals surface area contributed by atoms with E-state index in [1.807, 2.05) is 39.6 Å². The number of carbonyl (C=O) groups excluding carboxylic acids is 1. The van der Waals surface area contributed by atoms with Crippen LogP contribution in [-0.4, -0.2) is 48.1 Å². The van der Waals surface area contributed by atoms with E-state index in [1.54, 1.807) is 0 Å². The molecule has 0 fully saturated rings. The fraction of sp³-hybridized carbons (Fsp3) is 0.917. The number of hydrogen-bond acceptors (Lipinski definition) is 4. The predicted molar refractivity (Wildman–Crippen MR) is 70.9 cm³/mol. The van der Waals surface area contributed by atoms with Crippen LogP contribution in [0.1, 0.15) is 34.1 Å². The predicted octanol–water partition coefficient (Wildman–Crippen LogP) is 2.40. The first-order valence-corrected chi connectivity index (χ1v) is 7.06. The summed E-state index contributed by atoms with van der Waals surface area (Å²) in [7, 11) is 2.05. The van der Waals surface area contributed by atoms with Crippen LogP contribution >= 0.6 is 11.8 Å². The second-order valence-corrected chi connectivity index (χ2v) is 6.03. The highest BCUT2D eigenvalue weighted by Crippen LogP contribution is 2.09. The van der Waals surface area contributed by atoms with E-state index in [0.717, 1.165) is 12.3 Å². The van der Waals surface area contributed by atoms with Crippen LogP contribution in [0.25, 0.3) is 0 Å². The molecule has 0 saturated heterocycles. The third-order valence-electron chi connectivity index (χ3n) is 2.25. The zero-order chi connectivity index (χ0) is 12.8. The fourth-order valence-corrected chi connectivity index (χ4v) is 1.99. The molecule has 0 N–H and O–H groups in total. The summed E-state index contributed by atoms with van der Waals surface area (Å²) in [6.07, 6.45) is 2.56. The molecule has 0 aromatic carbocycles. The molecule has 0 aliphatic heterocycles. The van der Waals surface area contributed by atoms with Crippen LogP contribution in [0.15, 0.2) is 0 Å². The number of esters is 1. The van der Waals surface area contributed by atoms with Gasteiger partial charge in [0.15, 0.2) is 0 Å². The topological polar surface area (TPSA) is 29.5 Å². The summed E-state index contributed by atoms with van der Waals surface area (Å²) in [5.74, 6) is 0.973. The SMILES string of the molecule is CSCC(C)N(C)CCC(=O)OC(C)(C)C. The Kier molecular flexibility index (Phi) is 7.07. The minimum Gasteiger partial charge on any atom is -0.460 e. The van der Waals surface area contributed by atoms with Crippen molar-refractivity contribution in [3.8, 4) is 0 Å². The largest absolute Gasteiger partial charge is 0.460 e. The molecule has 0 rings (SSSR count).